The molecule has 0 saturated carbocycles. The van der Waals surface area contributed by atoms with Gasteiger partial charge in [-0.1, -0.05) is 23.2 Å². The third-order valence-electron chi connectivity index (χ3n) is 1.35. The van der Waals surface area contributed by atoms with Gasteiger partial charge in [0.05, 0.1) is 12.8 Å². The van der Waals surface area contributed by atoms with E-state index in [-0.39, 0.29) is 21.5 Å². The molecule has 0 aromatic heterocycles. The van der Waals surface area contributed by atoms with E-state index >= 15 is 0 Å². The highest BCUT2D eigenvalue weighted by Gasteiger charge is 2.14. The molecule has 66 valence electrons. The van der Waals surface area contributed by atoms with Crippen molar-refractivity contribution >= 4 is 28.9 Å². The molecule has 2 nitrogen and oxygen atoms in total. The molecule has 1 aromatic rings. The van der Waals surface area contributed by atoms with Gasteiger partial charge in [0.1, 0.15) is 15.9 Å². The lowest BCUT2D eigenvalue weighted by Gasteiger charge is -2.07. The van der Waals surface area contributed by atoms with Gasteiger partial charge in [0, 0.05) is 6.07 Å². The topological polar surface area (TPSA) is 35.2 Å². The Morgan fingerprint density at radius 1 is 1.42 bits per heavy atom. The number of ether oxygens (including phenoxy) is 1. The highest BCUT2D eigenvalue weighted by Crippen LogP contribution is 2.38. The van der Waals surface area contributed by atoms with E-state index in [4.69, 9.17) is 33.7 Å². The average molecular weight is 210 g/mol. The first-order valence-electron chi connectivity index (χ1n) is 3.05. The van der Waals surface area contributed by atoms with Crippen LogP contribution in [0.25, 0.3) is 0 Å². The fourth-order valence-corrected chi connectivity index (χ4v) is 1.28. The van der Waals surface area contributed by atoms with Crippen LogP contribution in [0.3, 0.4) is 0 Å². The van der Waals surface area contributed by atoms with Crippen LogP contribution in [0, 0.1) is 5.82 Å². The van der Waals surface area contributed by atoms with Gasteiger partial charge in [-0.15, -0.1) is 0 Å². The molecule has 0 heterocycles. The predicted molar refractivity (Wildman–Crippen MR) is 47.4 cm³/mol. The molecule has 1 aromatic carbocycles. The fourth-order valence-electron chi connectivity index (χ4n) is 0.778. The quantitative estimate of drug-likeness (QED) is 0.571. The third kappa shape index (κ3) is 1.42. The summed E-state index contributed by atoms with van der Waals surface area (Å²) >= 11 is 11.2. The summed E-state index contributed by atoms with van der Waals surface area (Å²) in [5.41, 5.74) is 5.46. The predicted octanol–water partition coefficient (Wildman–Crippen LogP) is 2.72. The van der Waals surface area contributed by atoms with Gasteiger partial charge >= 0.3 is 0 Å². The molecule has 12 heavy (non-hydrogen) atoms. The van der Waals surface area contributed by atoms with E-state index in [2.05, 4.69) is 0 Å². The Hall–Kier alpha value is -0.670. The van der Waals surface area contributed by atoms with Crippen molar-refractivity contribution in [2.24, 2.45) is 0 Å². The molecule has 1 rings (SSSR count). The maximum absolute atomic E-state index is 12.9. The molecule has 2 N–H and O–H groups in total. The molecular formula is C7H6Cl2FNO. The fraction of sp³-hybridized carbons (Fsp3) is 0.143. The lowest BCUT2D eigenvalue weighted by molar-refractivity contribution is 0.412. The van der Waals surface area contributed by atoms with Crippen molar-refractivity contribution in [3.05, 3.63) is 21.9 Å². The van der Waals surface area contributed by atoms with Crippen molar-refractivity contribution in [3.63, 3.8) is 0 Å². The number of nitrogens with two attached hydrogens (primary N) is 1. The molecule has 0 radical (unpaired) electrons. The van der Waals surface area contributed by atoms with E-state index in [9.17, 15) is 4.39 Å². The van der Waals surface area contributed by atoms with Crippen LogP contribution in [0.15, 0.2) is 6.07 Å². The first-order valence-corrected chi connectivity index (χ1v) is 3.80. The minimum absolute atomic E-state index is 0.0656. The Morgan fingerprint density at radius 2 is 2.00 bits per heavy atom. The van der Waals surface area contributed by atoms with Crippen LogP contribution in [0.5, 0.6) is 5.75 Å². The van der Waals surface area contributed by atoms with Gasteiger partial charge in [-0.25, -0.2) is 4.39 Å². The monoisotopic (exact) mass is 209 g/mol. The molecular weight excluding hydrogens is 204 g/mol. The van der Waals surface area contributed by atoms with E-state index in [1.54, 1.807) is 0 Å². The van der Waals surface area contributed by atoms with Crippen LogP contribution in [-0.4, -0.2) is 7.11 Å². The van der Waals surface area contributed by atoms with E-state index in [0.717, 1.165) is 6.07 Å². The minimum atomic E-state index is -0.643. The number of benzene rings is 1. The molecule has 0 aliphatic carbocycles. The maximum atomic E-state index is 12.9. The van der Waals surface area contributed by atoms with Crippen molar-refractivity contribution in [1.82, 2.24) is 0 Å². The van der Waals surface area contributed by atoms with Crippen LogP contribution in [0.4, 0.5) is 10.1 Å². The van der Waals surface area contributed by atoms with Crippen molar-refractivity contribution in [1.29, 1.82) is 0 Å². The highest BCUT2D eigenvalue weighted by atomic mass is 35.5. The first kappa shape index (κ1) is 9.42. The van der Waals surface area contributed by atoms with Crippen molar-refractivity contribution < 1.29 is 9.13 Å². The summed E-state index contributed by atoms with van der Waals surface area (Å²) < 4.78 is 17.6. The Bertz CT molecular complexity index is 291. The van der Waals surface area contributed by atoms with Gasteiger partial charge in [-0.3, -0.25) is 0 Å². The number of hydrogen-bond donors (Lipinski definition) is 1. The summed E-state index contributed by atoms with van der Waals surface area (Å²) in [6.45, 7) is 0. The highest BCUT2D eigenvalue weighted by molar-refractivity contribution is 6.38. The van der Waals surface area contributed by atoms with E-state index in [0.29, 0.717) is 0 Å². The first-order chi connectivity index (χ1) is 5.57. The van der Waals surface area contributed by atoms with Gasteiger partial charge in [-0.05, 0) is 0 Å². The van der Waals surface area contributed by atoms with Crippen molar-refractivity contribution in [2.75, 3.05) is 12.8 Å². The third-order valence-corrected chi connectivity index (χ3v) is 2.09. The maximum Gasteiger partial charge on any atom is 0.161 e. The van der Waals surface area contributed by atoms with Gasteiger partial charge < -0.3 is 10.5 Å². The van der Waals surface area contributed by atoms with Crippen molar-refractivity contribution in [2.45, 2.75) is 0 Å². The van der Waals surface area contributed by atoms with Gasteiger partial charge in [0.25, 0.3) is 0 Å². The summed E-state index contributed by atoms with van der Waals surface area (Å²) in [4.78, 5) is 0. The molecule has 0 aliphatic heterocycles. The van der Waals surface area contributed by atoms with E-state index in [1.807, 2.05) is 0 Å². The minimum Gasteiger partial charge on any atom is -0.493 e. The van der Waals surface area contributed by atoms with Crippen LogP contribution < -0.4 is 10.5 Å². The second-order valence-electron chi connectivity index (χ2n) is 2.11. The normalized spacial score (nSPS) is 10.0. The molecule has 0 saturated heterocycles. The van der Waals surface area contributed by atoms with Gasteiger partial charge in [-0.2, -0.15) is 0 Å². The Kier molecular flexibility index (Phi) is 2.65. The summed E-state index contributed by atoms with van der Waals surface area (Å²) in [5.74, 6) is -0.578. The number of nitrogen functional groups attached to an aromatic ring is 1. The zero-order chi connectivity index (χ0) is 9.30. The van der Waals surface area contributed by atoms with Crippen LogP contribution >= 0.6 is 23.2 Å². The summed E-state index contributed by atoms with van der Waals surface area (Å²) in [6, 6.07) is 1.05. The Balaban J connectivity index is 3.42. The standard InChI is InChI=1S/C7H6Cl2FNO/c1-12-7-5(8)3(10)2-4(11)6(7)9/h2H,11H2,1H3. The van der Waals surface area contributed by atoms with Crippen molar-refractivity contribution in [3.8, 4) is 5.75 Å². The van der Waals surface area contributed by atoms with Crippen LogP contribution in [0.1, 0.15) is 0 Å². The second kappa shape index (κ2) is 3.37. The zero-order valence-electron chi connectivity index (χ0n) is 6.20. The molecule has 0 bridgehead atoms. The molecule has 0 atom stereocenters. The van der Waals surface area contributed by atoms with Crippen LogP contribution in [0.2, 0.25) is 10.0 Å². The Morgan fingerprint density at radius 3 is 2.50 bits per heavy atom. The molecule has 0 unspecified atom stereocenters. The SMILES string of the molecule is COc1c(Cl)c(N)cc(F)c1Cl. The number of hydrogen-bond acceptors (Lipinski definition) is 2. The van der Waals surface area contributed by atoms with E-state index < -0.39 is 5.82 Å². The van der Waals surface area contributed by atoms with Gasteiger partial charge in [0.2, 0.25) is 0 Å². The summed E-state index contributed by atoms with van der Waals surface area (Å²) in [6.07, 6.45) is 0. The number of methoxy groups -OCH3 is 1. The number of halogens is 3. The smallest absolute Gasteiger partial charge is 0.161 e. The van der Waals surface area contributed by atoms with E-state index in [1.165, 1.54) is 7.11 Å². The summed E-state index contributed by atoms with van der Waals surface area (Å²) in [7, 11) is 1.34. The second-order valence-corrected chi connectivity index (χ2v) is 2.86. The average Bonchev–Trinajstić information content (AvgIpc) is 2.02. The lowest BCUT2D eigenvalue weighted by Crippen LogP contribution is -1.94. The largest absolute Gasteiger partial charge is 0.493 e. The Labute approximate surface area is 79.0 Å². The van der Waals surface area contributed by atoms with Gasteiger partial charge in [0.15, 0.2) is 5.75 Å². The molecule has 5 heteroatoms. The van der Waals surface area contributed by atoms with Crippen LogP contribution in [-0.2, 0) is 0 Å². The summed E-state index contributed by atoms with van der Waals surface area (Å²) in [5, 5.41) is -0.0272. The molecule has 0 spiro atoms. The number of rotatable bonds is 1. The molecule has 0 amide bonds. The number of anilines is 1. The molecule has 0 aliphatic rings. The lowest BCUT2D eigenvalue weighted by atomic mass is 10.3. The molecule has 0 fully saturated rings. The zero-order valence-corrected chi connectivity index (χ0v) is 7.71.